The van der Waals surface area contributed by atoms with Crippen LogP contribution in [0.25, 0.3) is 20.8 Å². The Morgan fingerprint density at radius 3 is 2.43 bits per heavy atom. The number of carbonyl (C=O) groups is 1. The molecule has 182 valence electrons. The van der Waals surface area contributed by atoms with Gasteiger partial charge in [-0.05, 0) is 62.1 Å². The molecule has 0 spiro atoms. The molecule has 0 unspecified atom stereocenters. The minimum atomic E-state index is -0.210. The lowest BCUT2D eigenvalue weighted by Gasteiger charge is -2.16. The maximum atomic E-state index is 12.5. The first-order valence-corrected chi connectivity index (χ1v) is 12.0. The maximum absolute atomic E-state index is 12.5. The largest absolute Gasteiger partial charge is 0.497 e. The first-order chi connectivity index (χ1) is 16.9. The molecule has 3 aromatic carbocycles. The fourth-order valence-electron chi connectivity index (χ4n) is 3.68. The number of hydrogen-bond donors (Lipinski definition) is 1. The van der Waals surface area contributed by atoms with Crippen LogP contribution < -0.4 is 19.5 Å². The number of ether oxygens (including phenoxy) is 3. The predicted octanol–water partition coefficient (Wildman–Crippen LogP) is 4.74. The van der Waals surface area contributed by atoms with E-state index in [2.05, 4.69) is 22.3 Å². The normalized spacial score (nSPS) is 11.0. The van der Waals surface area contributed by atoms with Crippen molar-refractivity contribution in [3.8, 4) is 27.8 Å². The van der Waals surface area contributed by atoms with Gasteiger partial charge in [0.15, 0.2) is 6.61 Å². The van der Waals surface area contributed by atoms with E-state index in [1.54, 1.807) is 31.6 Å². The highest BCUT2D eigenvalue weighted by molar-refractivity contribution is 7.21. The number of thiazole rings is 1. The van der Waals surface area contributed by atoms with Gasteiger partial charge in [0.2, 0.25) is 0 Å². The van der Waals surface area contributed by atoms with Crippen LogP contribution in [0.4, 0.5) is 0 Å². The molecule has 0 atom stereocenters. The van der Waals surface area contributed by atoms with Gasteiger partial charge in [-0.25, -0.2) is 4.98 Å². The van der Waals surface area contributed by atoms with E-state index >= 15 is 0 Å². The summed E-state index contributed by atoms with van der Waals surface area (Å²) >= 11 is 1.66. The van der Waals surface area contributed by atoms with Gasteiger partial charge in [0.05, 0.1) is 24.4 Å². The number of aromatic nitrogens is 1. The van der Waals surface area contributed by atoms with Gasteiger partial charge in [0.25, 0.3) is 5.91 Å². The molecule has 1 N–H and O–H groups in total. The Balaban J connectivity index is 1.44. The van der Waals surface area contributed by atoms with E-state index in [-0.39, 0.29) is 12.5 Å². The average molecular weight is 492 g/mol. The Morgan fingerprint density at radius 1 is 1.00 bits per heavy atom. The number of hydrogen-bond acceptors (Lipinski definition) is 7. The maximum Gasteiger partial charge on any atom is 0.258 e. The van der Waals surface area contributed by atoms with Crippen molar-refractivity contribution in [2.75, 3.05) is 34.9 Å². The van der Waals surface area contributed by atoms with Crippen molar-refractivity contribution in [3.05, 3.63) is 71.8 Å². The van der Waals surface area contributed by atoms with E-state index in [1.807, 2.05) is 56.6 Å². The van der Waals surface area contributed by atoms with Crippen molar-refractivity contribution in [1.29, 1.82) is 0 Å². The van der Waals surface area contributed by atoms with Crippen molar-refractivity contribution >= 4 is 27.5 Å². The fraction of sp³-hybridized carbons (Fsp3) is 0.259. The highest BCUT2D eigenvalue weighted by atomic mass is 32.1. The third-order valence-corrected chi connectivity index (χ3v) is 6.43. The number of amides is 1. The molecule has 0 aliphatic carbocycles. The Hall–Kier alpha value is -3.62. The standard InChI is InChI=1S/C27H29N3O4S/c1-30(2)16-20-13-19(27-29-23-7-5-6-8-25(23)35-27)9-10-24(20)34-17-26(31)28-15-18-11-21(32-3)14-22(12-18)33-4/h5-14H,15-17H2,1-4H3,(H,28,31). The number of nitrogens with one attached hydrogen (secondary N) is 1. The third-order valence-electron chi connectivity index (χ3n) is 5.35. The quantitative estimate of drug-likeness (QED) is 0.346. The van der Waals surface area contributed by atoms with Gasteiger partial charge in [-0.1, -0.05) is 12.1 Å². The van der Waals surface area contributed by atoms with E-state index < -0.39 is 0 Å². The summed E-state index contributed by atoms with van der Waals surface area (Å²) in [5.74, 6) is 1.82. The van der Waals surface area contributed by atoms with Crippen molar-refractivity contribution in [2.24, 2.45) is 0 Å². The predicted molar refractivity (Wildman–Crippen MR) is 139 cm³/mol. The van der Waals surface area contributed by atoms with Gasteiger partial charge in [0, 0.05) is 30.3 Å². The number of carbonyl (C=O) groups excluding carboxylic acids is 1. The van der Waals surface area contributed by atoms with Crippen LogP contribution >= 0.6 is 11.3 Å². The van der Waals surface area contributed by atoms with Gasteiger partial charge in [0.1, 0.15) is 22.3 Å². The summed E-state index contributed by atoms with van der Waals surface area (Å²) in [5, 5.41) is 3.85. The highest BCUT2D eigenvalue weighted by Crippen LogP contribution is 2.33. The number of para-hydroxylation sites is 1. The molecule has 0 bridgehead atoms. The van der Waals surface area contributed by atoms with Gasteiger partial charge >= 0.3 is 0 Å². The van der Waals surface area contributed by atoms with Crippen LogP contribution in [-0.4, -0.2) is 50.7 Å². The summed E-state index contributed by atoms with van der Waals surface area (Å²) < 4.78 is 17.7. The zero-order valence-corrected chi connectivity index (χ0v) is 21.1. The molecule has 1 heterocycles. The summed E-state index contributed by atoms with van der Waals surface area (Å²) in [6.07, 6.45) is 0. The number of fused-ring (bicyclic) bond motifs is 1. The van der Waals surface area contributed by atoms with Crippen LogP contribution in [0.2, 0.25) is 0 Å². The lowest BCUT2D eigenvalue weighted by atomic mass is 10.1. The minimum Gasteiger partial charge on any atom is -0.497 e. The van der Waals surface area contributed by atoms with Crippen molar-refractivity contribution in [1.82, 2.24) is 15.2 Å². The molecule has 4 aromatic rings. The van der Waals surface area contributed by atoms with E-state index in [1.165, 1.54) is 0 Å². The van der Waals surface area contributed by atoms with Crippen LogP contribution in [0, 0.1) is 0 Å². The molecule has 1 aromatic heterocycles. The number of methoxy groups -OCH3 is 2. The van der Waals surface area contributed by atoms with E-state index in [4.69, 9.17) is 19.2 Å². The molecule has 1 amide bonds. The molecule has 0 saturated carbocycles. The van der Waals surface area contributed by atoms with Crippen LogP contribution in [0.1, 0.15) is 11.1 Å². The SMILES string of the molecule is COc1cc(CNC(=O)COc2ccc(-c3nc4ccccc4s3)cc2CN(C)C)cc(OC)c1. The van der Waals surface area contributed by atoms with Crippen LogP contribution in [0.3, 0.4) is 0 Å². The Labute approximate surface area is 209 Å². The smallest absolute Gasteiger partial charge is 0.258 e. The third kappa shape index (κ3) is 6.29. The second-order valence-corrected chi connectivity index (χ2v) is 9.36. The monoisotopic (exact) mass is 491 g/mol. The molecule has 0 fully saturated rings. The van der Waals surface area contributed by atoms with Gasteiger partial charge in [-0.15, -0.1) is 11.3 Å². The van der Waals surface area contributed by atoms with Gasteiger partial charge in [-0.2, -0.15) is 0 Å². The average Bonchev–Trinajstić information content (AvgIpc) is 3.30. The number of rotatable bonds is 10. The van der Waals surface area contributed by atoms with Crippen molar-refractivity contribution < 1.29 is 19.0 Å². The molecule has 0 aliphatic rings. The molecule has 35 heavy (non-hydrogen) atoms. The highest BCUT2D eigenvalue weighted by Gasteiger charge is 2.13. The van der Waals surface area contributed by atoms with E-state index in [0.717, 1.165) is 31.9 Å². The first-order valence-electron chi connectivity index (χ1n) is 11.2. The summed E-state index contributed by atoms with van der Waals surface area (Å²) in [4.78, 5) is 19.3. The lowest BCUT2D eigenvalue weighted by Crippen LogP contribution is -2.28. The summed E-state index contributed by atoms with van der Waals surface area (Å²) in [5.41, 5.74) is 3.90. The molecule has 7 nitrogen and oxygen atoms in total. The van der Waals surface area contributed by atoms with E-state index in [9.17, 15) is 4.79 Å². The molecule has 8 heteroatoms. The Bertz CT molecular complexity index is 1260. The van der Waals surface area contributed by atoms with Crippen LogP contribution in [0.5, 0.6) is 17.2 Å². The topological polar surface area (TPSA) is 72.9 Å². The second kappa shape index (κ2) is 11.2. The molecule has 4 rings (SSSR count). The Morgan fingerprint density at radius 2 is 1.74 bits per heavy atom. The molecule has 0 saturated heterocycles. The van der Waals surface area contributed by atoms with Crippen molar-refractivity contribution in [2.45, 2.75) is 13.1 Å². The first kappa shape index (κ1) is 24.5. The van der Waals surface area contributed by atoms with Crippen LogP contribution in [-0.2, 0) is 17.9 Å². The summed E-state index contributed by atoms with van der Waals surface area (Å²) in [6.45, 7) is 0.943. The fourth-order valence-corrected chi connectivity index (χ4v) is 4.64. The van der Waals surface area contributed by atoms with Crippen molar-refractivity contribution in [3.63, 3.8) is 0 Å². The Kier molecular flexibility index (Phi) is 7.84. The second-order valence-electron chi connectivity index (χ2n) is 8.33. The zero-order chi connectivity index (χ0) is 24.8. The molecular weight excluding hydrogens is 462 g/mol. The number of nitrogens with zero attached hydrogens (tertiary/aromatic N) is 2. The van der Waals surface area contributed by atoms with Crippen LogP contribution in [0.15, 0.2) is 60.7 Å². The zero-order valence-electron chi connectivity index (χ0n) is 20.3. The molecule has 0 radical (unpaired) electrons. The minimum absolute atomic E-state index is 0.0813. The summed E-state index contributed by atoms with van der Waals surface area (Å²) in [7, 11) is 7.20. The van der Waals surface area contributed by atoms with Gasteiger partial charge < -0.3 is 24.4 Å². The summed E-state index contributed by atoms with van der Waals surface area (Å²) in [6, 6.07) is 19.6. The lowest BCUT2D eigenvalue weighted by molar-refractivity contribution is -0.123. The molecular formula is C27H29N3O4S. The van der Waals surface area contributed by atoms with Gasteiger partial charge in [-0.3, -0.25) is 4.79 Å². The molecule has 0 aliphatic heterocycles. The van der Waals surface area contributed by atoms with E-state index in [0.29, 0.717) is 30.3 Å². The number of benzene rings is 3.